The summed E-state index contributed by atoms with van der Waals surface area (Å²) < 4.78 is 0. The van der Waals surface area contributed by atoms with Crippen molar-refractivity contribution in [3.63, 3.8) is 0 Å². The minimum absolute atomic E-state index is 0.0471. The lowest BCUT2D eigenvalue weighted by atomic mass is 10.1. The maximum atomic E-state index is 11.8. The SMILES string of the molecule is CC(NC(=O)C1=NNC(=O)CC1)c1ccsc1. The first-order valence-corrected chi connectivity index (χ1v) is 6.29. The lowest BCUT2D eigenvalue weighted by Crippen LogP contribution is -2.37. The summed E-state index contributed by atoms with van der Waals surface area (Å²) in [5.74, 6) is -0.365. The van der Waals surface area contributed by atoms with E-state index in [1.54, 1.807) is 11.3 Å². The maximum Gasteiger partial charge on any atom is 0.267 e. The van der Waals surface area contributed by atoms with Gasteiger partial charge in [0.25, 0.3) is 5.91 Å². The molecule has 5 nitrogen and oxygen atoms in total. The van der Waals surface area contributed by atoms with Crippen LogP contribution >= 0.6 is 11.3 Å². The van der Waals surface area contributed by atoms with Gasteiger partial charge in [0.2, 0.25) is 5.91 Å². The van der Waals surface area contributed by atoms with E-state index in [1.807, 2.05) is 23.8 Å². The molecular weight excluding hydrogens is 238 g/mol. The molecule has 0 saturated carbocycles. The molecule has 2 rings (SSSR count). The summed E-state index contributed by atoms with van der Waals surface area (Å²) >= 11 is 1.59. The number of rotatable bonds is 3. The highest BCUT2D eigenvalue weighted by atomic mass is 32.1. The zero-order valence-corrected chi connectivity index (χ0v) is 10.2. The van der Waals surface area contributed by atoms with Gasteiger partial charge in [-0.3, -0.25) is 9.59 Å². The first-order chi connectivity index (χ1) is 8.16. The molecule has 0 fully saturated rings. The zero-order chi connectivity index (χ0) is 12.3. The zero-order valence-electron chi connectivity index (χ0n) is 9.40. The lowest BCUT2D eigenvalue weighted by molar-refractivity contribution is -0.121. The number of hydrogen-bond acceptors (Lipinski definition) is 4. The van der Waals surface area contributed by atoms with Crippen LogP contribution in [0.15, 0.2) is 21.9 Å². The van der Waals surface area contributed by atoms with Crippen molar-refractivity contribution in [1.29, 1.82) is 0 Å². The fraction of sp³-hybridized carbons (Fsp3) is 0.364. The Bertz CT molecular complexity index is 453. The second-order valence-corrected chi connectivity index (χ2v) is 4.63. The van der Waals surface area contributed by atoms with Crippen LogP contribution in [0.25, 0.3) is 0 Å². The molecule has 6 heteroatoms. The molecule has 0 saturated heterocycles. The summed E-state index contributed by atoms with van der Waals surface area (Å²) in [6.07, 6.45) is 0.715. The first kappa shape index (κ1) is 11.8. The number of amides is 2. The molecule has 1 aromatic rings. The van der Waals surface area contributed by atoms with E-state index in [0.29, 0.717) is 18.6 Å². The molecular formula is C11H13N3O2S. The van der Waals surface area contributed by atoms with Gasteiger partial charge < -0.3 is 5.32 Å². The Balaban J connectivity index is 1.95. The number of hydrazone groups is 1. The van der Waals surface area contributed by atoms with Crippen LogP contribution in [0, 0.1) is 0 Å². The molecule has 90 valence electrons. The third-order valence-corrected chi connectivity index (χ3v) is 3.26. The molecule has 0 aromatic carbocycles. The van der Waals surface area contributed by atoms with Crippen molar-refractivity contribution in [2.75, 3.05) is 0 Å². The minimum atomic E-state index is -0.219. The first-order valence-electron chi connectivity index (χ1n) is 5.35. The van der Waals surface area contributed by atoms with E-state index < -0.39 is 0 Å². The van der Waals surface area contributed by atoms with Crippen LogP contribution in [0.3, 0.4) is 0 Å². The molecule has 2 amide bonds. The van der Waals surface area contributed by atoms with Crippen LogP contribution in [-0.4, -0.2) is 17.5 Å². The summed E-state index contributed by atoms with van der Waals surface area (Å²) in [6, 6.07) is 1.93. The molecule has 1 aromatic heterocycles. The van der Waals surface area contributed by atoms with E-state index in [2.05, 4.69) is 15.8 Å². The molecule has 1 aliphatic heterocycles. The van der Waals surface area contributed by atoms with Crippen molar-refractivity contribution in [1.82, 2.24) is 10.7 Å². The van der Waals surface area contributed by atoms with Gasteiger partial charge in [-0.15, -0.1) is 0 Å². The number of hydrogen-bond donors (Lipinski definition) is 2. The normalized spacial score (nSPS) is 17.0. The molecule has 1 unspecified atom stereocenters. The second-order valence-electron chi connectivity index (χ2n) is 3.85. The molecule has 1 aliphatic rings. The van der Waals surface area contributed by atoms with Crippen LogP contribution < -0.4 is 10.7 Å². The van der Waals surface area contributed by atoms with Gasteiger partial charge in [0.1, 0.15) is 5.71 Å². The maximum absolute atomic E-state index is 11.8. The van der Waals surface area contributed by atoms with Crippen molar-refractivity contribution in [2.24, 2.45) is 5.10 Å². The topological polar surface area (TPSA) is 70.6 Å². The van der Waals surface area contributed by atoms with Gasteiger partial charge in [-0.25, -0.2) is 5.43 Å². The smallest absolute Gasteiger partial charge is 0.267 e. The molecule has 1 atom stereocenters. The van der Waals surface area contributed by atoms with Crippen molar-refractivity contribution < 1.29 is 9.59 Å². The summed E-state index contributed by atoms with van der Waals surface area (Å²) in [4.78, 5) is 22.7. The molecule has 17 heavy (non-hydrogen) atoms. The Morgan fingerprint density at radius 2 is 2.41 bits per heavy atom. The van der Waals surface area contributed by atoms with Gasteiger partial charge in [0.15, 0.2) is 0 Å². The van der Waals surface area contributed by atoms with Gasteiger partial charge >= 0.3 is 0 Å². The number of carbonyl (C=O) groups excluding carboxylic acids is 2. The van der Waals surface area contributed by atoms with Crippen molar-refractivity contribution in [2.45, 2.75) is 25.8 Å². The summed E-state index contributed by atoms with van der Waals surface area (Å²) in [5.41, 5.74) is 3.77. The van der Waals surface area contributed by atoms with Crippen LogP contribution in [0.1, 0.15) is 31.4 Å². The number of carbonyl (C=O) groups is 2. The van der Waals surface area contributed by atoms with E-state index in [0.717, 1.165) is 5.56 Å². The van der Waals surface area contributed by atoms with Gasteiger partial charge in [-0.1, -0.05) is 0 Å². The highest BCUT2D eigenvalue weighted by Gasteiger charge is 2.19. The van der Waals surface area contributed by atoms with E-state index in [9.17, 15) is 9.59 Å². The molecule has 0 bridgehead atoms. The molecule has 0 aliphatic carbocycles. The third-order valence-electron chi connectivity index (χ3n) is 2.56. The Hall–Kier alpha value is -1.69. The average Bonchev–Trinajstić information content (AvgIpc) is 2.83. The fourth-order valence-electron chi connectivity index (χ4n) is 1.52. The van der Waals surface area contributed by atoms with Gasteiger partial charge in [0.05, 0.1) is 6.04 Å². The monoisotopic (exact) mass is 251 g/mol. The highest BCUT2D eigenvalue weighted by Crippen LogP contribution is 2.15. The average molecular weight is 251 g/mol. The van der Waals surface area contributed by atoms with Gasteiger partial charge in [0, 0.05) is 12.8 Å². The third kappa shape index (κ3) is 2.91. The number of thiophene rings is 1. The standard InChI is InChI=1S/C11H13N3O2S/c1-7(8-4-5-17-6-8)12-11(16)9-2-3-10(15)14-13-9/h4-7H,2-3H2,1H3,(H,12,16)(H,14,15). The van der Waals surface area contributed by atoms with Crippen molar-refractivity contribution in [3.8, 4) is 0 Å². The van der Waals surface area contributed by atoms with Crippen LogP contribution in [0.2, 0.25) is 0 Å². The lowest BCUT2D eigenvalue weighted by Gasteiger charge is -2.15. The van der Waals surface area contributed by atoms with Crippen molar-refractivity contribution in [3.05, 3.63) is 22.4 Å². The van der Waals surface area contributed by atoms with Crippen molar-refractivity contribution >= 4 is 28.9 Å². The van der Waals surface area contributed by atoms with Crippen LogP contribution in [0.5, 0.6) is 0 Å². The summed E-state index contributed by atoms with van der Waals surface area (Å²) in [5, 5.41) is 10.6. The largest absolute Gasteiger partial charge is 0.344 e. The number of nitrogens with zero attached hydrogens (tertiary/aromatic N) is 1. The molecule has 0 spiro atoms. The Morgan fingerprint density at radius 3 is 3.00 bits per heavy atom. The fourth-order valence-corrected chi connectivity index (χ4v) is 2.28. The Kier molecular flexibility index (Phi) is 3.53. The molecule has 2 heterocycles. The predicted molar refractivity (Wildman–Crippen MR) is 65.7 cm³/mol. The quantitative estimate of drug-likeness (QED) is 0.847. The van der Waals surface area contributed by atoms with E-state index in [4.69, 9.17) is 0 Å². The van der Waals surface area contributed by atoms with E-state index in [1.165, 1.54) is 0 Å². The van der Waals surface area contributed by atoms with Gasteiger partial charge in [-0.05, 0) is 29.3 Å². The number of nitrogens with one attached hydrogen (secondary N) is 2. The van der Waals surface area contributed by atoms with E-state index in [-0.39, 0.29) is 17.9 Å². The van der Waals surface area contributed by atoms with E-state index >= 15 is 0 Å². The minimum Gasteiger partial charge on any atom is -0.344 e. The predicted octanol–water partition coefficient (Wildman–Crippen LogP) is 1.19. The van der Waals surface area contributed by atoms with Crippen LogP contribution in [-0.2, 0) is 9.59 Å². The molecule has 2 N–H and O–H groups in total. The Morgan fingerprint density at radius 1 is 1.59 bits per heavy atom. The summed E-state index contributed by atoms with van der Waals surface area (Å²) in [6.45, 7) is 1.92. The Labute approximate surface area is 103 Å². The van der Waals surface area contributed by atoms with Crippen LogP contribution in [0.4, 0.5) is 0 Å². The second kappa shape index (κ2) is 5.09. The van der Waals surface area contributed by atoms with Gasteiger partial charge in [-0.2, -0.15) is 16.4 Å². The summed E-state index contributed by atoms with van der Waals surface area (Å²) in [7, 11) is 0. The molecule has 0 radical (unpaired) electrons. The highest BCUT2D eigenvalue weighted by molar-refractivity contribution is 7.07.